The van der Waals surface area contributed by atoms with Crippen LogP contribution in [0.3, 0.4) is 0 Å². The summed E-state index contributed by atoms with van der Waals surface area (Å²) in [5.41, 5.74) is 2.58. The van der Waals surface area contributed by atoms with Crippen molar-refractivity contribution in [3.05, 3.63) is 23.3 Å². The van der Waals surface area contributed by atoms with Gasteiger partial charge in [0, 0.05) is 19.1 Å². The van der Waals surface area contributed by atoms with Crippen LogP contribution in [0.15, 0.2) is 12.1 Å². The molecule has 120 valence electrons. The van der Waals surface area contributed by atoms with Gasteiger partial charge in [-0.2, -0.15) is 0 Å². The summed E-state index contributed by atoms with van der Waals surface area (Å²) in [5, 5.41) is 11.4. The van der Waals surface area contributed by atoms with E-state index < -0.39 is 0 Å². The first-order valence-corrected chi connectivity index (χ1v) is 8.70. The van der Waals surface area contributed by atoms with Gasteiger partial charge < -0.3 is 9.84 Å². The molecule has 0 spiro atoms. The van der Waals surface area contributed by atoms with Gasteiger partial charge in [-0.25, -0.2) is 0 Å². The number of phenols is 1. The van der Waals surface area contributed by atoms with Crippen LogP contribution >= 0.6 is 8.86 Å². The average molecular weight is 319 g/mol. The molecule has 3 nitrogen and oxygen atoms in total. The molecular formula is C18H26NO2P. The molecular weight excluding hydrogens is 293 g/mol. The Kier molecular flexibility index (Phi) is 4.47. The molecule has 2 atom stereocenters. The number of hydrogen-bond acceptors (Lipinski definition) is 3. The molecule has 0 bridgehead atoms. The summed E-state index contributed by atoms with van der Waals surface area (Å²) in [6, 6.07) is 4.33. The minimum Gasteiger partial charge on any atom is -0.504 e. The number of piperidine rings is 1. The highest BCUT2D eigenvalue weighted by Gasteiger charge is 2.36. The second-order valence-corrected chi connectivity index (χ2v) is 7.68. The summed E-state index contributed by atoms with van der Waals surface area (Å²) in [6.45, 7) is 6.80. The number of methoxy groups -OCH3 is 1. The van der Waals surface area contributed by atoms with E-state index >= 15 is 0 Å². The van der Waals surface area contributed by atoms with E-state index in [2.05, 4.69) is 27.6 Å². The Bertz CT molecular complexity index is 585. The Morgan fingerprint density at radius 3 is 2.86 bits per heavy atom. The Labute approximate surface area is 135 Å². The maximum Gasteiger partial charge on any atom is 0.160 e. The van der Waals surface area contributed by atoms with Crippen molar-refractivity contribution in [2.24, 2.45) is 11.8 Å². The van der Waals surface area contributed by atoms with Gasteiger partial charge in [0.1, 0.15) is 0 Å². The Hall–Kier alpha value is -1.05. The van der Waals surface area contributed by atoms with Crippen molar-refractivity contribution in [2.45, 2.75) is 39.2 Å². The first-order valence-electron chi connectivity index (χ1n) is 8.20. The zero-order valence-electron chi connectivity index (χ0n) is 13.7. The Morgan fingerprint density at radius 2 is 2.18 bits per heavy atom. The SMILES string of the molecule is COc1cc2c(cc1O)CCN1C[C@H](CC(C)C)C(=P)CC21. The normalized spacial score (nSPS) is 25.0. The van der Waals surface area contributed by atoms with Crippen molar-refractivity contribution in [2.75, 3.05) is 20.2 Å². The molecule has 22 heavy (non-hydrogen) atoms. The molecule has 0 radical (unpaired) electrons. The number of phenolic OH excluding ortho intramolecular Hbond substituents is 1. The molecule has 2 aliphatic heterocycles. The van der Waals surface area contributed by atoms with Crippen LogP contribution in [0.25, 0.3) is 0 Å². The van der Waals surface area contributed by atoms with Crippen molar-refractivity contribution in [1.82, 2.24) is 4.90 Å². The van der Waals surface area contributed by atoms with Gasteiger partial charge in [0.15, 0.2) is 11.5 Å². The second kappa shape index (κ2) is 6.22. The monoisotopic (exact) mass is 319 g/mol. The molecule has 1 fully saturated rings. The minimum absolute atomic E-state index is 0.255. The number of rotatable bonds is 3. The van der Waals surface area contributed by atoms with E-state index in [1.807, 2.05) is 12.1 Å². The molecule has 1 N–H and O–H groups in total. The first-order chi connectivity index (χ1) is 10.5. The third-order valence-corrected chi connectivity index (χ3v) is 5.64. The van der Waals surface area contributed by atoms with Crippen LogP contribution < -0.4 is 4.74 Å². The van der Waals surface area contributed by atoms with Crippen LogP contribution in [-0.2, 0) is 6.42 Å². The summed E-state index contributed by atoms with van der Waals surface area (Å²) in [4.78, 5) is 2.61. The molecule has 4 heteroatoms. The van der Waals surface area contributed by atoms with E-state index in [-0.39, 0.29) is 5.75 Å². The second-order valence-electron chi connectivity index (χ2n) is 7.04. The lowest BCUT2D eigenvalue weighted by Crippen LogP contribution is -2.46. The lowest BCUT2D eigenvalue weighted by Gasteiger charge is -2.45. The molecule has 2 aliphatic rings. The summed E-state index contributed by atoms with van der Waals surface area (Å²) in [5.74, 6) is 2.21. The molecule has 2 heterocycles. The van der Waals surface area contributed by atoms with Gasteiger partial charge in [-0.05, 0) is 59.7 Å². The lowest BCUT2D eigenvalue weighted by atomic mass is 9.80. The van der Waals surface area contributed by atoms with Gasteiger partial charge in [0.25, 0.3) is 0 Å². The fourth-order valence-electron chi connectivity index (χ4n) is 3.95. The van der Waals surface area contributed by atoms with Gasteiger partial charge in [-0.15, -0.1) is 8.86 Å². The van der Waals surface area contributed by atoms with E-state index in [0.717, 1.165) is 31.8 Å². The van der Waals surface area contributed by atoms with Crippen molar-refractivity contribution >= 4 is 14.2 Å². The van der Waals surface area contributed by atoms with Gasteiger partial charge >= 0.3 is 0 Å². The van der Waals surface area contributed by atoms with Crippen LogP contribution in [0, 0.1) is 11.8 Å². The van der Waals surface area contributed by atoms with Gasteiger partial charge in [0.2, 0.25) is 0 Å². The van der Waals surface area contributed by atoms with E-state index in [9.17, 15) is 5.11 Å². The van der Waals surface area contributed by atoms with Crippen molar-refractivity contribution < 1.29 is 9.84 Å². The highest BCUT2D eigenvalue weighted by atomic mass is 31.0. The predicted octanol–water partition coefficient (Wildman–Crippen LogP) is 3.68. The predicted molar refractivity (Wildman–Crippen MR) is 93.6 cm³/mol. The van der Waals surface area contributed by atoms with Crippen molar-refractivity contribution in [1.29, 1.82) is 0 Å². The fourth-order valence-corrected chi connectivity index (χ4v) is 4.35. The molecule has 0 aliphatic carbocycles. The number of nitrogens with zero attached hydrogens (tertiary/aromatic N) is 1. The number of benzene rings is 1. The lowest BCUT2D eigenvalue weighted by molar-refractivity contribution is 0.149. The van der Waals surface area contributed by atoms with E-state index in [4.69, 9.17) is 4.74 Å². The number of aromatic hydroxyl groups is 1. The minimum atomic E-state index is 0.255. The van der Waals surface area contributed by atoms with Gasteiger partial charge in [-0.3, -0.25) is 4.90 Å². The molecule has 0 amide bonds. The topological polar surface area (TPSA) is 32.7 Å². The van der Waals surface area contributed by atoms with Crippen LogP contribution in [0.2, 0.25) is 0 Å². The van der Waals surface area contributed by atoms with Crippen molar-refractivity contribution in [3.63, 3.8) is 0 Å². The Balaban J connectivity index is 1.88. The average Bonchev–Trinajstić information content (AvgIpc) is 2.47. The number of hydrogen-bond donors (Lipinski definition) is 1. The van der Waals surface area contributed by atoms with Crippen LogP contribution in [0.4, 0.5) is 0 Å². The molecule has 1 saturated heterocycles. The quantitative estimate of drug-likeness (QED) is 0.863. The summed E-state index contributed by atoms with van der Waals surface area (Å²) >= 11 is 0. The maximum absolute atomic E-state index is 10.0. The molecule has 3 rings (SSSR count). The van der Waals surface area contributed by atoms with Crippen LogP contribution in [0.1, 0.15) is 43.9 Å². The third kappa shape index (κ3) is 2.89. The highest BCUT2D eigenvalue weighted by molar-refractivity contribution is 7.21. The highest BCUT2D eigenvalue weighted by Crippen LogP contribution is 2.42. The molecule has 1 aromatic carbocycles. The zero-order chi connectivity index (χ0) is 15.9. The summed E-state index contributed by atoms with van der Waals surface area (Å²) in [6.07, 6.45) is 3.30. The maximum atomic E-state index is 10.0. The van der Waals surface area contributed by atoms with E-state index in [1.165, 1.54) is 22.8 Å². The number of fused-ring (bicyclic) bond motifs is 3. The molecule has 1 unspecified atom stereocenters. The molecule has 0 aromatic heterocycles. The van der Waals surface area contributed by atoms with E-state index in [0.29, 0.717) is 17.7 Å². The van der Waals surface area contributed by atoms with Crippen LogP contribution in [-0.4, -0.2) is 35.5 Å². The summed E-state index contributed by atoms with van der Waals surface area (Å²) < 4.78 is 5.30. The number of ether oxygens (including phenoxy) is 1. The zero-order valence-corrected chi connectivity index (χ0v) is 14.7. The third-order valence-electron chi connectivity index (χ3n) is 5.03. The van der Waals surface area contributed by atoms with Crippen molar-refractivity contribution in [3.8, 4) is 11.5 Å². The molecule has 1 aromatic rings. The largest absolute Gasteiger partial charge is 0.504 e. The van der Waals surface area contributed by atoms with Crippen LogP contribution in [0.5, 0.6) is 11.5 Å². The van der Waals surface area contributed by atoms with E-state index in [1.54, 1.807) is 7.11 Å². The molecule has 0 saturated carbocycles. The smallest absolute Gasteiger partial charge is 0.160 e. The Morgan fingerprint density at radius 1 is 1.41 bits per heavy atom. The standard InChI is InChI=1S/C18H26NO2P/c1-11(2)6-13-10-19-5-4-12-7-16(20)17(21-3)8-14(12)15(19)9-18(13)22/h7-8,11,13,15,20,22H,4-6,9-10H2,1-3H3/t13-,15?/m0/s1. The fraction of sp³-hybridized carbons (Fsp3) is 0.611. The summed E-state index contributed by atoms with van der Waals surface area (Å²) in [7, 11) is 5.53. The van der Waals surface area contributed by atoms with Gasteiger partial charge in [0.05, 0.1) is 7.11 Å². The van der Waals surface area contributed by atoms with Gasteiger partial charge in [-0.1, -0.05) is 13.8 Å². The first kappa shape index (κ1) is 15.8.